The van der Waals surface area contributed by atoms with Gasteiger partial charge in [-0.25, -0.2) is 9.78 Å². The summed E-state index contributed by atoms with van der Waals surface area (Å²) in [6, 6.07) is 18.0. The van der Waals surface area contributed by atoms with Crippen LogP contribution in [0, 0.1) is 0 Å². The van der Waals surface area contributed by atoms with Gasteiger partial charge >= 0.3 is 6.03 Å². The Hall–Kier alpha value is -4.20. The molecule has 2 N–H and O–H groups in total. The number of hydrogen-bond acceptors (Lipinski definition) is 5. The molecule has 0 radical (unpaired) electrons. The van der Waals surface area contributed by atoms with Crippen molar-refractivity contribution in [1.82, 2.24) is 19.7 Å². The van der Waals surface area contributed by atoms with Crippen LogP contribution in [0.3, 0.4) is 0 Å². The summed E-state index contributed by atoms with van der Waals surface area (Å²) in [5.74, 6) is 1.60. The van der Waals surface area contributed by atoms with Crippen molar-refractivity contribution >= 4 is 17.4 Å². The van der Waals surface area contributed by atoms with Gasteiger partial charge in [0.2, 0.25) is 5.88 Å². The number of nitrogens with zero attached hydrogens (tertiary/aromatic N) is 4. The number of imidazole rings is 1. The number of rotatable bonds is 5. The Balaban J connectivity index is 1.32. The van der Waals surface area contributed by atoms with E-state index >= 15 is 0 Å². The average molecular weight is 428 g/mol. The number of carbonyl (C=O) groups excluding carboxylic acids is 1. The first-order chi connectivity index (χ1) is 15.4. The van der Waals surface area contributed by atoms with E-state index in [1.807, 2.05) is 24.3 Å². The van der Waals surface area contributed by atoms with Gasteiger partial charge in [0, 0.05) is 29.8 Å². The van der Waals surface area contributed by atoms with Gasteiger partial charge in [-0.1, -0.05) is 32.9 Å². The van der Waals surface area contributed by atoms with Gasteiger partial charge in [-0.15, -0.1) is 10.2 Å². The Morgan fingerprint density at radius 2 is 1.53 bits per heavy atom. The molecule has 4 aromatic rings. The molecule has 0 unspecified atom stereocenters. The fourth-order valence-electron chi connectivity index (χ4n) is 2.97. The van der Waals surface area contributed by atoms with Crippen LogP contribution in [0.2, 0.25) is 0 Å². The molecule has 4 rings (SSSR count). The molecule has 8 nitrogen and oxygen atoms in total. The molecule has 32 heavy (non-hydrogen) atoms. The van der Waals surface area contributed by atoms with E-state index in [4.69, 9.17) is 4.74 Å². The molecule has 0 aliphatic carbocycles. The van der Waals surface area contributed by atoms with Gasteiger partial charge in [0.15, 0.2) is 5.82 Å². The third kappa shape index (κ3) is 5.28. The fraction of sp³-hybridized carbons (Fsp3) is 0.167. The van der Waals surface area contributed by atoms with Crippen LogP contribution in [0.5, 0.6) is 11.6 Å². The molecule has 0 fully saturated rings. The molecule has 8 heteroatoms. The van der Waals surface area contributed by atoms with Crippen LogP contribution in [0.15, 0.2) is 79.4 Å². The van der Waals surface area contributed by atoms with Crippen molar-refractivity contribution in [2.45, 2.75) is 26.2 Å². The molecule has 2 heterocycles. The highest BCUT2D eigenvalue weighted by molar-refractivity contribution is 5.99. The topological polar surface area (TPSA) is 94.0 Å². The number of nitrogens with one attached hydrogen (secondary N) is 2. The van der Waals surface area contributed by atoms with Crippen LogP contribution in [0.4, 0.5) is 16.2 Å². The van der Waals surface area contributed by atoms with Crippen molar-refractivity contribution in [1.29, 1.82) is 0 Å². The highest BCUT2D eigenvalue weighted by atomic mass is 16.5. The van der Waals surface area contributed by atoms with Gasteiger partial charge < -0.3 is 15.4 Å². The summed E-state index contributed by atoms with van der Waals surface area (Å²) in [6.07, 6.45) is 5.10. The van der Waals surface area contributed by atoms with E-state index in [1.165, 1.54) is 5.56 Å². The van der Waals surface area contributed by atoms with E-state index in [0.717, 1.165) is 5.69 Å². The molecule has 2 aromatic carbocycles. The molecule has 0 saturated carbocycles. The summed E-state index contributed by atoms with van der Waals surface area (Å²) in [6.45, 7) is 6.45. The van der Waals surface area contributed by atoms with Crippen molar-refractivity contribution in [2.24, 2.45) is 0 Å². The second-order valence-corrected chi connectivity index (χ2v) is 8.23. The van der Waals surface area contributed by atoms with Gasteiger partial charge in [0.05, 0.1) is 0 Å². The Labute approximate surface area is 186 Å². The van der Waals surface area contributed by atoms with E-state index in [2.05, 4.69) is 46.6 Å². The Morgan fingerprint density at radius 1 is 0.875 bits per heavy atom. The molecule has 0 atom stereocenters. The lowest BCUT2D eigenvalue weighted by Gasteiger charge is -2.19. The molecule has 0 aliphatic rings. The smallest absolute Gasteiger partial charge is 0.323 e. The van der Waals surface area contributed by atoms with E-state index in [-0.39, 0.29) is 11.4 Å². The number of urea groups is 1. The molecule has 162 valence electrons. The summed E-state index contributed by atoms with van der Waals surface area (Å²) in [7, 11) is 0. The maximum absolute atomic E-state index is 12.3. The second kappa shape index (κ2) is 8.89. The average Bonchev–Trinajstić information content (AvgIpc) is 3.30. The third-order valence-corrected chi connectivity index (χ3v) is 4.74. The zero-order valence-corrected chi connectivity index (χ0v) is 18.1. The molecule has 0 spiro atoms. The first-order valence-corrected chi connectivity index (χ1v) is 10.2. The summed E-state index contributed by atoms with van der Waals surface area (Å²) in [4.78, 5) is 16.3. The van der Waals surface area contributed by atoms with Gasteiger partial charge in [-0.05, 0) is 53.4 Å². The molecular formula is C24H24N6O2. The highest BCUT2D eigenvalue weighted by Gasteiger charge is 2.13. The molecule has 0 saturated heterocycles. The highest BCUT2D eigenvalue weighted by Crippen LogP contribution is 2.24. The molecule has 0 bridgehead atoms. The lowest BCUT2D eigenvalue weighted by molar-refractivity contribution is 0.262. The maximum Gasteiger partial charge on any atom is 0.323 e. The van der Waals surface area contributed by atoms with Crippen molar-refractivity contribution in [3.8, 4) is 17.4 Å². The summed E-state index contributed by atoms with van der Waals surface area (Å²) in [5, 5.41) is 13.8. The minimum Gasteiger partial charge on any atom is -0.438 e. The Morgan fingerprint density at radius 3 is 2.06 bits per heavy atom. The van der Waals surface area contributed by atoms with E-state index in [1.54, 1.807) is 59.7 Å². The number of amides is 2. The lowest BCUT2D eigenvalue weighted by Crippen LogP contribution is -2.19. The van der Waals surface area contributed by atoms with Crippen LogP contribution >= 0.6 is 0 Å². The standard InChI is InChI=1S/C24H24N6O2/c1-24(2,3)17-4-6-18(7-5-17)26-23(31)27-19-8-10-20(11-9-19)32-22-13-12-21(28-29-22)30-15-14-25-16-30/h4-16H,1-3H3,(H2,26,27,31). The second-order valence-electron chi connectivity index (χ2n) is 8.23. The van der Waals surface area contributed by atoms with Crippen molar-refractivity contribution < 1.29 is 9.53 Å². The summed E-state index contributed by atoms with van der Waals surface area (Å²) < 4.78 is 7.47. The number of hydrogen-bond donors (Lipinski definition) is 2. The molecule has 0 aliphatic heterocycles. The van der Waals surface area contributed by atoms with E-state index in [9.17, 15) is 4.79 Å². The Bertz CT molecular complexity index is 1160. The quantitative estimate of drug-likeness (QED) is 0.444. The minimum atomic E-state index is -0.317. The van der Waals surface area contributed by atoms with Crippen molar-refractivity contribution in [3.63, 3.8) is 0 Å². The van der Waals surface area contributed by atoms with E-state index in [0.29, 0.717) is 23.1 Å². The molecular weight excluding hydrogens is 404 g/mol. The lowest BCUT2D eigenvalue weighted by atomic mass is 9.87. The van der Waals surface area contributed by atoms with Gasteiger partial charge in [-0.2, -0.15) is 0 Å². The third-order valence-electron chi connectivity index (χ3n) is 4.74. The number of ether oxygens (including phenoxy) is 1. The summed E-state index contributed by atoms with van der Waals surface area (Å²) in [5.41, 5.74) is 2.65. The number of benzene rings is 2. The van der Waals surface area contributed by atoms with Crippen LogP contribution in [-0.2, 0) is 5.41 Å². The van der Waals surface area contributed by atoms with Gasteiger partial charge in [0.1, 0.15) is 12.1 Å². The molecule has 2 amide bonds. The van der Waals surface area contributed by atoms with Crippen LogP contribution in [0.25, 0.3) is 5.82 Å². The normalized spacial score (nSPS) is 11.1. The first-order valence-electron chi connectivity index (χ1n) is 10.2. The van der Waals surface area contributed by atoms with Gasteiger partial charge in [-0.3, -0.25) is 4.57 Å². The predicted molar refractivity (Wildman–Crippen MR) is 123 cm³/mol. The zero-order chi connectivity index (χ0) is 22.6. The van der Waals surface area contributed by atoms with Crippen LogP contribution in [-0.4, -0.2) is 25.8 Å². The molecule has 2 aromatic heterocycles. The minimum absolute atomic E-state index is 0.0677. The first kappa shape index (κ1) is 21.0. The number of aromatic nitrogens is 4. The van der Waals surface area contributed by atoms with Crippen molar-refractivity contribution in [2.75, 3.05) is 10.6 Å². The predicted octanol–water partition coefficient (Wildman–Crippen LogP) is 5.40. The number of anilines is 2. The van der Waals surface area contributed by atoms with E-state index < -0.39 is 0 Å². The SMILES string of the molecule is CC(C)(C)c1ccc(NC(=O)Nc2ccc(Oc3ccc(-n4ccnc4)nn3)cc2)cc1. The van der Waals surface area contributed by atoms with Gasteiger partial charge in [0.25, 0.3) is 0 Å². The largest absolute Gasteiger partial charge is 0.438 e. The van der Waals surface area contributed by atoms with Crippen LogP contribution in [0.1, 0.15) is 26.3 Å². The van der Waals surface area contributed by atoms with Crippen LogP contribution < -0.4 is 15.4 Å². The van der Waals surface area contributed by atoms with Crippen molar-refractivity contribution in [3.05, 3.63) is 84.9 Å². The Kier molecular flexibility index (Phi) is 5.85. The monoisotopic (exact) mass is 428 g/mol. The fourth-order valence-corrected chi connectivity index (χ4v) is 2.97. The number of carbonyl (C=O) groups is 1. The summed E-state index contributed by atoms with van der Waals surface area (Å²) >= 11 is 0. The maximum atomic E-state index is 12.3. The zero-order valence-electron chi connectivity index (χ0n) is 18.1.